The Kier molecular flexibility index (Phi) is 5.85. The summed E-state index contributed by atoms with van der Waals surface area (Å²) in [5, 5.41) is 21.7. The molecule has 9 nitrogen and oxygen atoms in total. The second-order valence-electron chi connectivity index (χ2n) is 7.75. The predicted octanol–water partition coefficient (Wildman–Crippen LogP) is 2.29. The molecule has 162 valence electrons. The quantitative estimate of drug-likeness (QED) is 0.581. The number of non-ortho nitro benzene ring substituents is 1. The monoisotopic (exact) mass is 425 g/mol. The van der Waals surface area contributed by atoms with Crippen LogP contribution in [0.4, 0.5) is 11.4 Å². The smallest absolute Gasteiger partial charge is 0.271 e. The zero-order valence-electron chi connectivity index (χ0n) is 16.8. The number of hydrogen-bond acceptors (Lipinski definition) is 6. The Morgan fingerprint density at radius 1 is 1.19 bits per heavy atom. The zero-order chi connectivity index (χ0) is 22.0. The van der Waals surface area contributed by atoms with Crippen LogP contribution >= 0.6 is 0 Å². The molecule has 1 N–H and O–H groups in total. The molecule has 2 aromatic rings. The Labute approximate surface area is 179 Å². The Morgan fingerprint density at radius 3 is 2.58 bits per heavy atom. The van der Waals surface area contributed by atoms with Crippen molar-refractivity contribution in [1.82, 2.24) is 4.90 Å². The number of carbonyl (C=O) groups is 2. The van der Waals surface area contributed by atoms with Crippen LogP contribution in [0.5, 0.6) is 5.75 Å². The number of nitrogens with zero attached hydrogens (tertiary/aromatic N) is 3. The number of nitro benzene ring substituents is 1. The summed E-state index contributed by atoms with van der Waals surface area (Å²) in [7, 11) is 0. The molecule has 2 amide bonds. The Morgan fingerprint density at radius 2 is 1.90 bits per heavy atom. The fourth-order valence-electron chi connectivity index (χ4n) is 4.10. The summed E-state index contributed by atoms with van der Waals surface area (Å²) in [6.07, 6.45) is 0.730. The van der Waals surface area contributed by atoms with Crippen molar-refractivity contribution in [2.24, 2.45) is 5.92 Å². The third kappa shape index (κ3) is 4.36. The number of nitro groups is 1. The molecule has 2 aliphatic rings. The van der Waals surface area contributed by atoms with Crippen molar-refractivity contribution in [3.8, 4) is 5.75 Å². The number of fused-ring (bicyclic) bond motifs is 1. The normalized spacial score (nSPS) is 17.6. The molecule has 2 aromatic carbocycles. The van der Waals surface area contributed by atoms with Crippen LogP contribution in [0, 0.1) is 16.0 Å². The zero-order valence-corrected chi connectivity index (χ0v) is 16.8. The number of piperidine rings is 1. The van der Waals surface area contributed by atoms with E-state index in [2.05, 4.69) is 0 Å². The average Bonchev–Trinajstić information content (AvgIpc) is 2.80. The highest BCUT2D eigenvalue weighted by molar-refractivity contribution is 6.02. The van der Waals surface area contributed by atoms with Crippen molar-refractivity contribution in [1.29, 1.82) is 0 Å². The highest BCUT2D eigenvalue weighted by Gasteiger charge is 2.33. The molecular formula is C22H23N3O6. The van der Waals surface area contributed by atoms with Crippen LogP contribution in [0.2, 0.25) is 0 Å². The number of rotatable bonds is 5. The lowest BCUT2D eigenvalue weighted by Crippen LogP contribution is -2.48. The van der Waals surface area contributed by atoms with E-state index in [0.29, 0.717) is 31.7 Å². The van der Waals surface area contributed by atoms with E-state index in [1.165, 1.54) is 23.1 Å². The van der Waals surface area contributed by atoms with Crippen molar-refractivity contribution in [2.75, 3.05) is 31.1 Å². The SMILES string of the molecule is O=C(CN1C(=O)COc2ccc([N+](=O)[O-])cc21)N1CCC(C(O)c2ccccc2)CC1. The Balaban J connectivity index is 1.41. The van der Waals surface area contributed by atoms with Crippen LogP contribution in [0.1, 0.15) is 24.5 Å². The molecule has 31 heavy (non-hydrogen) atoms. The minimum atomic E-state index is -0.577. The van der Waals surface area contributed by atoms with Crippen LogP contribution in [0.25, 0.3) is 0 Å². The molecule has 0 aliphatic carbocycles. The fraction of sp³-hybridized carbons (Fsp3) is 0.364. The number of hydrogen-bond donors (Lipinski definition) is 1. The highest BCUT2D eigenvalue weighted by atomic mass is 16.6. The van der Waals surface area contributed by atoms with Gasteiger partial charge in [0.05, 0.1) is 16.7 Å². The molecule has 1 atom stereocenters. The summed E-state index contributed by atoms with van der Waals surface area (Å²) >= 11 is 0. The number of ether oxygens (including phenoxy) is 1. The minimum Gasteiger partial charge on any atom is -0.482 e. The largest absolute Gasteiger partial charge is 0.482 e. The molecular weight excluding hydrogens is 402 g/mol. The van der Waals surface area contributed by atoms with Gasteiger partial charge in [-0.25, -0.2) is 0 Å². The van der Waals surface area contributed by atoms with Crippen LogP contribution in [-0.2, 0) is 9.59 Å². The highest BCUT2D eigenvalue weighted by Crippen LogP contribution is 2.35. The second kappa shape index (κ2) is 8.73. The number of likely N-dealkylation sites (tertiary alicyclic amines) is 1. The van der Waals surface area contributed by atoms with E-state index in [0.717, 1.165) is 5.56 Å². The van der Waals surface area contributed by atoms with Gasteiger partial charge < -0.3 is 14.7 Å². The molecule has 0 radical (unpaired) electrons. The van der Waals surface area contributed by atoms with E-state index in [-0.39, 0.29) is 36.4 Å². The molecule has 4 rings (SSSR count). The lowest BCUT2D eigenvalue weighted by Gasteiger charge is -2.36. The van der Waals surface area contributed by atoms with Crippen molar-refractivity contribution in [2.45, 2.75) is 18.9 Å². The fourth-order valence-corrected chi connectivity index (χ4v) is 4.10. The van der Waals surface area contributed by atoms with Gasteiger partial charge in [0, 0.05) is 25.2 Å². The number of benzene rings is 2. The second-order valence-corrected chi connectivity index (χ2v) is 7.75. The summed E-state index contributed by atoms with van der Waals surface area (Å²) in [5.41, 5.74) is 0.919. The number of aliphatic hydroxyl groups is 1. The summed E-state index contributed by atoms with van der Waals surface area (Å²) in [5.74, 6) is -0.265. The molecule has 1 unspecified atom stereocenters. The van der Waals surface area contributed by atoms with Gasteiger partial charge in [0.25, 0.3) is 11.6 Å². The summed E-state index contributed by atoms with van der Waals surface area (Å²) < 4.78 is 5.34. The molecule has 0 spiro atoms. The number of amides is 2. The lowest BCUT2D eigenvalue weighted by atomic mass is 9.87. The molecule has 9 heteroatoms. The van der Waals surface area contributed by atoms with Gasteiger partial charge in [0.2, 0.25) is 5.91 Å². The van der Waals surface area contributed by atoms with Crippen LogP contribution in [0.15, 0.2) is 48.5 Å². The van der Waals surface area contributed by atoms with Gasteiger partial charge in [0.1, 0.15) is 12.3 Å². The molecule has 1 saturated heterocycles. The number of carbonyl (C=O) groups excluding carboxylic acids is 2. The first-order chi connectivity index (χ1) is 14.9. The number of aliphatic hydroxyl groups excluding tert-OH is 1. The maximum atomic E-state index is 12.9. The summed E-state index contributed by atoms with van der Waals surface area (Å²) in [6.45, 7) is 0.535. The van der Waals surface area contributed by atoms with Crippen molar-refractivity contribution >= 4 is 23.2 Å². The standard InChI is InChI=1S/C22H23N3O6/c26-20(23-10-8-16(9-11-23)22(28)15-4-2-1-3-5-15)13-24-18-12-17(25(29)30)6-7-19(18)31-14-21(24)27/h1-7,12,16,22,28H,8-11,13-14H2. The van der Waals surface area contributed by atoms with Crippen LogP contribution < -0.4 is 9.64 Å². The first-order valence-electron chi connectivity index (χ1n) is 10.2. The van der Waals surface area contributed by atoms with Gasteiger partial charge in [-0.15, -0.1) is 0 Å². The third-order valence-corrected chi connectivity index (χ3v) is 5.87. The minimum absolute atomic E-state index is 0.0554. The van der Waals surface area contributed by atoms with E-state index >= 15 is 0 Å². The van der Waals surface area contributed by atoms with E-state index in [9.17, 15) is 24.8 Å². The lowest BCUT2D eigenvalue weighted by molar-refractivity contribution is -0.384. The molecule has 1 fully saturated rings. The number of anilines is 1. The molecule has 0 bridgehead atoms. The van der Waals surface area contributed by atoms with Crippen molar-refractivity contribution in [3.63, 3.8) is 0 Å². The average molecular weight is 425 g/mol. The molecule has 0 saturated carbocycles. The molecule has 2 heterocycles. The Hall–Kier alpha value is -3.46. The van der Waals surface area contributed by atoms with Crippen molar-refractivity contribution < 1.29 is 24.4 Å². The molecule has 2 aliphatic heterocycles. The van der Waals surface area contributed by atoms with Gasteiger partial charge in [-0.1, -0.05) is 30.3 Å². The van der Waals surface area contributed by atoms with Gasteiger partial charge in [-0.2, -0.15) is 0 Å². The topological polar surface area (TPSA) is 113 Å². The first-order valence-corrected chi connectivity index (χ1v) is 10.2. The van der Waals surface area contributed by atoms with Crippen LogP contribution in [0.3, 0.4) is 0 Å². The van der Waals surface area contributed by atoms with E-state index in [1.54, 1.807) is 4.90 Å². The van der Waals surface area contributed by atoms with E-state index in [1.807, 2.05) is 30.3 Å². The third-order valence-electron chi connectivity index (χ3n) is 5.87. The van der Waals surface area contributed by atoms with E-state index < -0.39 is 16.9 Å². The maximum absolute atomic E-state index is 12.9. The van der Waals surface area contributed by atoms with Crippen LogP contribution in [-0.4, -0.2) is 53.0 Å². The summed E-state index contributed by atoms with van der Waals surface area (Å²) in [6, 6.07) is 13.5. The van der Waals surface area contributed by atoms with Gasteiger partial charge in [-0.05, 0) is 30.4 Å². The Bertz CT molecular complexity index is 988. The van der Waals surface area contributed by atoms with E-state index in [4.69, 9.17) is 4.74 Å². The van der Waals surface area contributed by atoms with Gasteiger partial charge >= 0.3 is 0 Å². The van der Waals surface area contributed by atoms with Gasteiger partial charge in [-0.3, -0.25) is 24.6 Å². The van der Waals surface area contributed by atoms with Crippen molar-refractivity contribution in [3.05, 3.63) is 64.2 Å². The summed E-state index contributed by atoms with van der Waals surface area (Å²) in [4.78, 5) is 38.7. The first kappa shape index (κ1) is 20.8. The molecule has 0 aromatic heterocycles. The van der Waals surface area contributed by atoms with Gasteiger partial charge in [0.15, 0.2) is 6.61 Å². The predicted molar refractivity (Wildman–Crippen MR) is 112 cm³/mol. The maximum Gasteiger partial charge on any atom is 0.271 e.